The Morgan fingerprint density at radius 1 is 1.03 bits per heavy atom. The van der Waals surface area contributed by atoms with Crippen molar-refractivity contribution in [2.24, 2.45) is 0 Å². The number of rotatable bonds is 7. The summed E-state index contributed by atoms with van der Waals surface area (Å²) in [6.07, 6.45) is 1.40. The molecule has 1 N–H and O–H groups in total. The number of methoxy groups -OCH3 is 3. The number of aromatic nitrogens is 2. The van der Waals surface area contributed by atoms with E-state index in [9.17, 15) is 9.59 Å². The number of thiophene rings is 1. The third kappa shape index (κ3) is 4.15. The first-order chi connectivity index (χ1) is 15.5. The fourth-order valence-electron chi connectivity index (χ4n) is 3.33. The number of ether oxygens (including phenoxy) is 3. The Labute approximate surface area is 188 Å². The maximum atomic E-state index is 13.2. The van der Waals surface area contributed by atoms with E-state index in [1.807, 2.05) is 29.6 Å². The number of amides is 1. The van der Waals surface area contributed by atoms with Crippen molar-refractivity contribution in [3.63, 3.8) is 0 Å². The molecular weight excluding hydrogens is 430 g/mol. The predicted octanol–water partition coefficient (Wildman–Crippen LogP) is 3.79. The summed E-state index contributed by atoms with van der Waals surface area (Å²) >= 11 is 1.39. The zero-order valence-electron chi connectivity index (χ0n) is 17.7. The SMILES string of the molecule is COc1ccc(-c2csc3ncn(CC(=O)Nc4ccc(OC)c(OC)c4)c(=O)c23)cc1. The lowest BCUT2D eigenvalue weighted by Crippen LogP contribution is -2.27. The lowest BCUT2D eigenvalue weighted by molar-refractivity contribution is -0.116. The molecule has 8 nitrogen and oxygen atoms in total. The molecule has 0 spiro atoms. The maximum Gasteiger partial charge on any atom is 0.263 e. The molecule has 2 aromatic heterocycles. The topological polar surface area (TPSA) is 91.7 Å². The van der Waals surface area contributed by atoms with Crippen LogP contribution < -0.4 is 25.1 Å². The predicted molar refractivity (Wildman–Crippen MR) is 124 cm³/mol. The van der Waals surface area contributed by atoms with Crippen molar-refractivity contribution in [2.45, 2.75) is 6.54 Å². The van der Waals surface area contributed by atoms with E-state index in [0.29, 0.717) is 27.4 Å². The third-order valence-corrected chi connectivity index (χ3v) is 5.83. The molecule has 0 unspecified atom stereocenters. The summed E-state index contributed by atoms with van der Waals surface area (Å²) in [6.45, 7) is -0.173. The highest BCUT2D eigenvalue weighted by molar-refractivity contribution is 7.17. The number of hydrogen-bond donors (Lipinski definition) is 1. The Bertz CT molecular complexity index is 1330. The molecule has 0 bridgehead atoms. The van der Waals surface area contributed by atoms with Gasteiger partial charge in [-0.05, 0) is 29.8 Å². The second-order valence-corrected chi connectivity index (χ2v) is 7.71. The van der Waals surface area contributed by atoms with Gasteiger partial charge in [0.1, 0.15) is 17.1 Å². The van der Waals surface area contributed by atoms with Crippen LogP contribution in [0.25, 0.3) is 21.3 Å². The van der Waals surface area contributed by atoms with Gasteiger partial charge in [-0.3, -0.25) is 14.2 Å². The lowest BCUT2D eigenvalue weighted by atomic mass is 10.1. The van der Waals surface area contributed by atoms with Crippen LogP contribution in [0.1, 0.15) is 0 Å². The van der Waals surface area contributed by atoms with Gasteiger partial charge in [0.15, 0.2) is 11.5 Å². The van der Waals surface area contributed by atoms with E-state index < -0.39 is 0 Å². The molecule has 0 aliphatic rings. The monoisotopic (exact) mass is 451 g/mol. The first-order valence-electron chi connectivity index (χ1n) is 9.67. The Hall–Kier alpha value is -3.85. The molecule has 0 aliphatic heterocycles. The van der Waals surface area contributed by atoms with Crippen molar-refractivity contribution in [3.8, 4) is 28.4 Å². The number of carbonyl (C=O) groups is 1. The van der Waals surface area contributed by atoms with Crippen LogP contribution in [-0.4, -0.2) is 36.8 Å². The molecule has 2 heterocycles. The zero-order chi connectivity index (χ0) is 22.7. The van der Waals surface area contributed by atoms with E-state index in [2.05, 4.69) is 10.3 Å². The quantitative estimate of drug-likeness (QED) is 0.460. The van der Waals surface area contributed by atoms with Gasteiger partial charge in [-0.25, -0.2) is 4.98 Å². The average Bonchev–Trinajstić information content (AvgIpc) is 3.25. The van der Waals surface area contributed by atoms with Crippen LogP contribution >= 0.6 is 11.3 Å². The number of fused-ring (bicyclic) bond motifs is 1. The number of carbonyl (C=O) groups excluding carboxylic acids is 1. The molecule has 0 saturated heterocycles. The van der Waals surface area contributed by atoms with Crippen LogP contribution in [0, 0.1) is 0 Å². The smallest absolute Gasteiger partial charge is 0.263 e. The van der Waals surface area contributed by atoms with Crippen LogP contribution in [0.4, 0.5) is 5.69 Å². The molecule has 1 amide bonds. The Balaban J connectivity index is 1.60. The maximum absolute atomic E-state index is 13.2. The minimum absolute atomic E-state index is 0.173. The molecular formula is C23H21N3O5S. The fraction of sp³-hybridized carbons (Fsp3) is 0.174. The Kier molecular flexibility index (Phi) is 6.09. The minimum atomic E-state index is -0.360. The number of nitrogens with zero attached hydrogens (tertiary/aromatic N) is 2. The van der Waals surface area contributed by atoms with Crippen molar-refractivity contribution in [1.82, 2.24) is 9.55 Å². The van der Waals surface area contributed by atoms with E-state index in [0.717, 1.165) is 16.9 Å². The van der Waals surface area contributed by atoms with Crippen LogP contribution in [-0.2, 0) is 11.3 Å². The average molecular weight is 452 g/mol. The van der Waals surface area contributed by atoms with Gasteiger partial charge in [-0.15, -0.1) is 11.3 Å². The van der Waals surface area contributed by atoms with Gasteiger partial charge in [-0.1, -0.05) is 12.1 Å². The molecule has 4 aromatic rings. The molecule has 2 aromatic carbocycles. The number of anilines is 1. The van der Waals surface area contributed by atoms with Gasteiger partial charge in [-0.2, -0.15) is 0 Å². The molecule has 0 fully saturated rings. The van der Waals surface area contributed by atoms with Crippen LogP contribution in [0.5, 0.6) is 17.2 Å². The normalized spacial score (nSPS) is 10.7. The highest BCUT2D eigenvalue weighted by atomic mass is 32.1. The van der Waals surface area contributed by atoms with E-state index in [1.165, 1.54) is 36.5 Å². The van der Waals surface area contributed by atoms with Crippen LogP contribution in [0.3, 0.4) is 0 Å². The van der Waals surface area contributed by atoms with Gasteiger partial charge in [0.05, 0.1) is 33.0 Å². The second-order valence-electron chi connectivity index (χ2n) is 6.85. The summed E-state index contributed by atoms with van der Waals surface area (Å²) in [5.41, 5.74) is 1.91. The first kappa shape index (κ1) is 21.4. The standard InChI is InChI=1S/C23H21N3O5S/c1-29-16-7-4-14(5-8-16)17-12-32-22-21(17)23(28)26(13-24-22)11-20(27)25-15-6-9-18(30-2)19(10-15)31-3/h4-10,12-13H,11H2,1-3H3,(H,25,27). The molecule has 9 heteroatoms. The summed E-state index contributed by atoms with van der Waals surface area (Å²) in [5.74, 6) is 1.42. The third-order valence-electron chi connectivity index (χ3n) is 4.94. The van der Waals surface area contributed by atoms with Gasteiger partial charge >= 0.3 is 0 Å². The first-order valence-corrected chi connectivity index (χ1v) is 10.5. The van der Waals surface area contributed by atoms with Crippen molar-refractivity contribution >= 4 is 33.1 Å². The highest BCUT2D eigenvalue weighted by Gasteiger charge is 2.15. The summed E-state index contributed by atoms with van der Waals surface area (Å²) < 4.78 is 17.0. The summed E-state index contributed by atoms with van der Waals surface area (Å²) in [7, 11) is 4.66. The van der Waals surface area contributed by atoms with Gasteiger partial charge in [0, 0.05) is 22.7 Å². The van der Waals surface area contributed by atoms with Crippen LogP contribution in [0.15, 0.2) is 59.0 Å². The van der Waals surface area contributed by atoms with E-state index >= 15 is 0 Å². The summed E-state index contributed by atoms with van der Waals surface area (Å²) in [6, 6.07) is 12.5. The number of hydrogen-bond acceptors (Lipinski definition) is 7. The van der Waals surface area contributed by atoms with Gasteiger partial charge in [0.25, 0.3) is 5.56 Å². The molecule has 4 rings (SSSR count). The summed E-state index contributed by atoms with van der Waals surface area (Å²) in [5, 5.41) is 5.16. The largest absolute Gasteiger partial charge is 0.497 e. The van der Waals surface area contributed by atoms with Crippen LogP contribution in [0.2, 0.25) is 0 Å². The van der Waals surface area contributed by atoms with E-state index in [4.69, 9.17) is 14.2 Å². The fourth-order valence-corrected chi connectivity index (χ4v) is 4.24. The minimum Gasteiger partial charge on any atom is -0.497 e. The van der Waals surface area contributed by atoms with Gasteiger partial charge in [0.2, 0.25) is 5.91 Å². The molecule has 0 saturated carbocycles. The molecule has 32 heavy (non-hydrogen) atoms. The Morgan fingerprint density at radius 2 is 1.78 bits per heavy atom. The second kappa shape index (κ2) is 9.11. The zero-order valence-corrected chi connectivity index (χ0v) is 18.6. The van der Waals surface area contributed by atoms with Crippen molar-refractivity contribution in [3.05, 3.63) is 64.5 Å². The lowest BCUT2D eigenvalue weighted by Gasteiger charge is -2.11. The van der Waals surface area contributed by atoms with Gasteiger partial charge < -0.3 is 19.5 Å². The van der Waals surface area contributed by atoms with Crippen molar-refractivity contribution < 1.29 is 19.0 Å². The molecule has 164 valence electrons. The molecule has 0 radical (unpaired) electrons. The summed E-state index contributed by atoms with van der Waals surface area (Å²) in [4.78, 5) is 30.8. The number of nitrogens with one attached hydrogen (secondary N) is 1. The van der Waals surface area contributed by atoms with E-state index in [1.54, 1.807) is 25.3 Å². The highest BCUT2D eigenvalue weighted by Crippen LogP contribution is 2.32. The van der Waals surface area contributed by atoms with Crippen molar-refractivity contribution in [2.75, 3.05) is 26.6 Å². The number of benzene rings is 2. The van der Waals surface area contributed by atoms with Crippen molar-refractivity contribution in [1.29, 1.82) is 0 Å². The molecule has 0 atom stereocenters. The Morgan fingerprint density at radius 3 is 2.47 bits per heavy atom. The van der Waals surface area contributed by atoms with E-state index in [-0.39, 0.29) is 18.0 Å². The molecule has 0 aliphatic carbocycles.